The van der Waals surface area contributed by atoms with Crippen molar-refractivity contribution in [2.24, 2.45) is 5.73 Å². The lowest BCUT2D eigenvalue weighted by molar-refractivity contribution is 0.0471. The van der Waals surface area contributed by atoms with Gasteiger partial charge in [0.1, 0.15) is 5.69 Å². The third-order valence-corrected chi connectivity index (χ3v) is 3.01. The van der Waals surface area contributed by atoms with Gasteiger partial charge >= 0.3 is 0 Å². The van der Waals surface area contributed by atoms with E-state index >= 15 is 0 Å². The normalized spacial score (nSPS) is 14.7. The van der Waals surface area contributed by atoms with Crippen molar-refractivity contribution in [3.63, 3.8) is 0 Å². The van der Waals surface area contributed by atoms with Crippen molar-refractivity contribution in [1.29, 1.82) is 0 Å². The number of aromatic nitrogens is 2. The van der Waals surface area contributed by atoms with Gasteiger partial charge in [-0.3, -0.25) is 14.7 Å². The van der Waals surface area contributed by atoms with Crippen LogP contribution < -0.4 is 11.3 Å². The monoisotopic (exact) mass is 254 g/mol. The maximum Gasteiger partial charge on any atom is 0.270 e. The van der Waals surface area contributed by atoms with E-state index in [1.54, 1.807) is 13.1 Å². The first-order valence-corrected chi connectivity index (χ1v) is 6.16. The van der Waals surface area contributed by atoms with Crippen molar-refractivity contribution in [2.75, 3.05) is 19.6 Å². The van der Waals surface area contributed by atoms with Gasteiger partial charge in [-0.15, -0.1) is 0 Å². The molecule has 0 spiro atoms. The Morgan fingerprint density at radius 2 is 2.33 bits per heavy atom. The number of hydrogen-bond acceptors (Lipinski definition) is 5. The second kappa shape index (κ2) is 6.63. The standard InChI is InChI=1S/C12H22N4O2/c1-3-16(7-4-12(2,18)9-13)8-10-11(17)15-6-5-14-10/h5-6,18H,3-4,7-9,13H2,1-2H3,(H,15,17). The van der Waals surface area contributed by atoms with Gasteiger partial charge in [0.2, 0.25) is 0 Å². The first-order valence-electron chi connectivity index (χ1n) is 6.16. The van der Waals surface area contributed by atoms with E-state index < -0.39 is 5.60 Å². The molecule has 0 aliphatic rings. The zero-order valence-corrected chi connectivity index (χ0v) is 11.0. The fraction of sp³-hybridized carbons (Fsp3) is 0.667. The highest BCUT2D eigenvalue weighted by Gasteiger charge is 2.19. The van der Waals surface area contributed by atoms with Gasteiger partial charge in [-0.25, -0.2) is 0 Å². The number of nitrogens with two attached hydrogens (primary N) is 1. The Balaban J connectivity index is 2.58. The van der Waals surface area contributed by atoms with Crippen LogP contribution in [0.1, 0.15) is 26.0 Å². The molecule has 102 valence electrons. The number of nitrogens with zero attached hydrogens (tertiary/aromatic N) is 2. The molecule has 1 aromatic rings. The number of aliphatic hydroxyl groups is 1. The Kier molecular flexibility index (Phi) is 5.46. The van der Waals surface area contributed by atoms with Crippen molar-refractivity contribution in [1.82, 2.24) is 14.9 Å². The fourth-order valence-electron chi connectivity index (χ4n) is 1.56. The Morgan fingerprint density at radius 3 is 2.89 bits per heavy atom. The Labute approximate surface area is 107 Å². The van der Waals surface area contributed by atoms with Crippen LogP contribution in [0.15, 0.2) is 17.2 Å². The molecule has 0 radical (unpaired) electrons. The molecule has 0 aliphatic carbocycles. The number of aromatic amines is 1. The summed E-state index contributed by atoms with van der Waals surface area (Å²) in [5.41, 5.74) is 4.94. The van der Waals surface area contributed by atoms with E-state index in [1.807, 2.05) is 6.92 Å². The maximum absolute atomic E-state index is 11.5. The zero-order valence-electron chi connectivity index (χ0n) is 11.0. The van der Waals surface area contributed by atoms with Gasteiger partial charge < -0.3 is 15.8 Å². The Bertz CT molecular complexity index is 417. The van der Waals surface area contributed by atoms with E-state index in [-0.39, 0.29) is 12.1 Å². The molecule has 0 amide bonds. The summed E-state index contributed by atoms with van der Waals surface area (Å²) in [6, 6.07) is 0. The van der Waals surface area contributed by atoms with Gasteiger partial charge in [0.15, 0.2) is 0 Å². The third kappa shape index (κ3) is 4.56. The minimum absolute atomic E-state index is 0.165. The predicted octanol–water partition coefficient (Wildman–Crippen LogP) is -0.308. The lowest BCUT2D eigenvalue weighted by Gasteiger charge is -2.26. The lowest BCUT2D eigenvalue weighted by Crippen LogP contribution is -2.39. The quantitative estimate of drug-likeness (QED) is 0.620. The molecule has 0 saturated carbocycles. The van der Waals surface area contributed by atoms with E-state index in [0.29, 0.717) is 25.2 Å². The summed E-state index contributed by atoms with van der Waals surface area (Å²) in [5.74, 6) is 0. The highest BCUT2D eigenvalue weighted by atomic mass is 16.3. The molecule has 4 N–H and O–H groups in total. The molecule has 1 atom stereocenters. The molecule has 0 saturated heterocycles. The number of nitrogens with one attached hydrogen (secondary N) is 1. The smallest absolute Gasteiger partial charge is 0.270 e. The van der Waals surface area contributed by atoms with Gasteiger partial charge in [-0.2, -0.15) is 0 Å². The van der Waals surface area contributed by atoms with Crippen LogP contribution in [0.3, 0.4) is 0 Å². The van der Waals surface area contributed by atoms with Crippen molar-refractivity contribution in [3.05, 3.63) is 28.4 Å². The van der Waals surface area contributed by atoms with Crippen LogP contribution in [-0.4, -0.2) is 45.2 Å². The van der Waals surface area contributed by atoms with Crippen molar-refractivity contribution in [2.45, 2.75) is 32.4 Å². The first kappa shape index (κ1) is 14.8. The van der Waals surface area contributed by atoms with Crippen LogP contribution in [0.2, 0.25) is 0 Å². The van der Waals surface area contributed by atoms with Crippen molar-refractivity contribution in [3.8, 4) is 0 Å². The average Bonchev–Trinajstić information content (AvgIpc) is 2.36. The van der Waals surface area contributed by atoms with Crippen LogP contribution in [0.4, 0.5) is 0 Å². The highest BCUT2D eigenvalue weighted by Crippen LogP contribution is 2.09. The first-order chi connectivity index (χ1) is 8.48. The molecular weight excluding hydrogens is 232 g/mol. The SMILES string of the molecule is CCN(CCC(C)(O)CN)Cc1ncc[nH]c1=O. The average molecular weight is 254 g/mol. The van der Waals surface area contributed by atoms with Crippen LogP contribution >= 0.6 is 0 Å². The fourth-order valence-corrected chi connectivity index (χ4v) is 1.56. The highest BCUT2D eigenvalue weighted by molar-refractivity contribution is 4.95. The molecule has 18 heavy (non-hydrogen) atoms. The zero-order chi connectivity index (χ0) is 13.6. The molecule has 1 unspecified atom stereocenters. The van der Waals surface area contributed by atoms with E-state index in [1.165, 1.54) is 6.20 Å². The molecule has 6 nitrogen and oxygen atoms in total. The van der Waals surface area contributed by atoms with Gasteiger partial charge in [-0.05, 0) is 19.9 Å². The maximum atomic E-state index is 11.5. The van der Waals surface area contributed by atoms with Gasteiger partial charge in [0.25, 0.3) is 5.56 Å². The third-order valence-electron chi connectivity index (χ3n) is 3.01. The van der Waals surface area contributed by atoms with E-state index in [4.69, 9.17) is 5.73 Å². The summed E-state index contributed by atoms with van der Waals surface area (Å²) >= 11 is 0. The van der Waals surface area contributed by atoms with Crippen molar-refractivity contribution < 1.29 is 5.11 Å². The molecular formula is C12H22N4O2. The number of rotatable bonds is 7. The summed E-state index contributed by atoms with van der Waals surface area (Å²) in [6.07, 6.45) is 3.66. The van der Waals surface area contributed by atoms with Crippen molar-refractivity contribution >= 4 is 0 Å². The van der Waals surface area contributed by atoms with Crippen LogP contribution in [0.25, 0.3) is 0 Å². The topological polar surface area (TPSA) is 95.2 Å². The molecule has 0 bridgehead atoms. The summed E-state index contributed by atoms with van der Waals surface area (Å²) in [4.78, 5) is 20.2. The van der Waals surface area contributed by atoms with Crippen LogP contribution in [0, 0.1) is 0 Å². The second-order valence-electron chi connectivity index (χ2n) is 4.68. The van der Waals surface area contributed by atoms with Crippen LogP contribution in [-0.2, 0) is 6.54 Å². The largest absolute Gasteiger partial charge is 0.389 e. The van der Waals surface area contributed by atoms with E-state index in [2.05, 4.69) is 14.9 Å². The summed E-state index contributed by atoms with van der Waals surface area (Å²) in [5, 5.41) is 9.85. The summed E-state index contributed by atoms with van der Waals surface area (Å²) in [6.45, 7) is 5.90. The van der Waals surface area contributed by atoms with Gasteiger partial charge in [0.05, 0.1) is 5.60 Å². The van der Waals surface area contributed by atoms with E-state index in [9.17, 15) is 9.90 Å². The Morgan fingerprint density at radius 1 is 1.61 bits per heavy atom. The predicted molar refractivity (Wildman–Crippen MR) is 70.1 cm³/mol. The summed E-state index contributed by atoms with van der Waals surface area (Å²) < 4.78 is 0. The molecule has 1 heterocycles. The molecule has 1 rings (SSSR count). The van der Waals surface area contributed by atoms with Gasteiger partial charge in [0, 0.05) is 32.0 Å². The minimum atomic E-state index is -0.857. The Hall–Kier alpha value is -1.24. The van der Waals surface area contributed by atoms with Crippen LogP contribution in [0.5, 0.6) is 0 Å². The molecule has 1 aromatic heterocycles. The second-order valence-corrected chi connectivity index (χ2v) is 4.68. The van der Waals surface area contributed by atoms with Gasteiger partial charge in [-0.1, -0.05) is 6.92 Å². The van der Waals surface area contributed by atoms with E-state index in [0.717, 1.165) is 6.54 Å². The number of hydrogen-bond donors (Lipinski definition) is 3. The molecule has 0 fully saturated rings. The summed E-state index contributed by atoms with van der Waals surface area (Å²) in [7, 11) is 0. The molecule has 0 aliphatic heterocycles. The lowest BCUT2D eigenvalue weighted by atomic mass is 10.0. The number of H-pyrrole nitrogens is 1. The minimum Gasteiger partial charge on any atom is -0.389 e. The molecule has 6 heteroatoms. The molecule has 0 aromatic carbocycles.